The number of halogens is 1. The Labute approximate surface area is 211 Å². The van der Waals surface area contributed by atoms with E-state index in [2.05, 4.69) is 33.1 Å². The molecule has 9 heteroatoms. The Balaban J connectivity index is 0.00000363. The van der Waals surface area contributed by atoms with E-state index in [-0.39, 0.29) is 36.4 Å². The largest absolute Gasteiger partial charge is 0.490 e. The molecule has 0 aliphatic carbocycles. The van der Waals surface area contributed by atoms with Gasteiger partial charge in [0.1, 0.15) is 6.54 Å². The van der Waals surface area contributed by atoms with E-state index >= 15 is 0 Å². The number of benzene rings is 2. The summed E-state index contributed by atoms with van der Waals surface area (Å²) in [6.07, 6.45) is 1.75. The van der Waals surface area contributed by atoms with Gasteiger partial charge in [0.25, 0.3) is 0 Å². The number of rotatable bonds is 9. The van der Waals surface area contributed by atoms with Crippen LogP contribution in [0, 0.1) is 0 Å². The number of nitrogens with one attached hydrogen (secondary N) is 3. The molecule has 0 atom stereocenters. The van der Waals surface area contributed by atoms with E-state index in [0.29, 0.717) is 38.0 Å². The van der Waals surface area contributed by atoms with Crippen LogP contribution in [-0.4, -0.2) is 50.5 Å². The molecule has 3 N–H and O–H groups in total. The van der Waals surface area contributed by atoms with Crippen molar-refractivity contribution >= 4 is 53.3 Å². The molecule has 0 unspecified atom stereocenters. The van der Waals surface area contributed by atoms with Gasteiger partial charge in [-0.05, 0) is 30.7 Å². The molecule has 1 heterocycles. The summed E-state index contributed by atoms with van der Waals surface area (Å²) in [6, 6.07) is 16.0. The zero-order valence-corrected chi connectivity index (χ0v) is 21.4. The van der Waals surface area contributed by atoms with Gasteiger partial charge in [-0.25, -0.2) is 4.99 Å². The first-order valence-electron chi connectivity index (χ1n) is 10.6. The van der Waals surface area contributed by atoms with Crippen LogP contribution < -0.4 is 25.4 Å². The number of anilines is 1. The summed E-state index contributed by atoms with van der Waals surface area (Å²) in [4.78, 5) is 17.7. The molecular formula is C23H31IN4O3S. The van der Waals surface area contributed by atoms with E-state index in [1.807, 2.05) is 43.3 Å². The SMILES string of the molecule is CCCNC(=O)CN=C(NCCSc1ccccc1)Nc1ccc2c(c1)OCCCO2.I. The van der Waals surface area contributed by atoms with Gasteiger partial charge in [0.2, 0.25) is 5.91 Å². The van der Waals surface area contributed by atoms with Crippen molar-refractivity contribution in [3.63, 3.8) is 0 Å². The van der Waals surface area contributed by atoms with Crippen molar-refractivity contribution in [1.82, 2.24) is 10.6 Å². The third kappa shape index (κ3) is 9.15. The van der Waals surface area contributed by atoms with Gasteiger partial charge in [0, 0.05) is 41.9 Å². The van der Waals surface area contributed by atoms with E-state index in [4.69, 9.17) is 9.47 Å². The molecule has 2 aromatic rings. The minimum Gasteiger partial charge on any atom is -0.490 e. The molecule has 3 rings (SSSR count). The van der Waals surface area contributed by atoms with Crippen molar-refractivity contribution in [1.29, 1.82) is 0 Å². The first kappa shape index (κ1) is 26.1. The van der Waals surface area contributed by atoms with Crippen molar-refractivity contribution in [3.8, 4) is 11.5 Å². The average Bonchev–Trinajstić information content (AvgIpc) is 3.04. The van der Waals surface area contributed by atoms with Crippen LogP contribution in [0.3, 0.4) is 0 Å². The van der Waals surface area contributed by atoms with Crippen molar-refractivity contribution < 1.29 is 14.3 Å². The number of carbonyl (C=O) groups excluding carboxylic acids is 1. The molecule has 0 spiro atoms. The van der Waals surface area contributed by atoms with Crippen LogP contribution >= 0.6 is 35.7 Å². The summed E-state index contributed by atoms with van der Waals surface area (Å²) in [5.41, 5.74) is 0.820. The molecule has 0 radical (unpaired) electrons. The lowest BCUT2D eigenvalue weighted by Crippen LogP contribution is -2.34. The van der Waals surface area contributed by atoms with Crippen molar-refractivity contribution in [2.75, 3.05) is 43.9 Å². The predicted molar refractivity (Wildman–Crippen MR) is 142 cm³/mol. The van der Waals surface area contributed by atoms with Gasteiger partial charge >= 0.3 is 0 Å². The Bertz CT molecular complexity index is 868. The fraction of sp³-hybridized carbons (Fsp3) is 0.391. The lowest BCUT2D eigenvalue weighted by molar-refractivity contribution is -0.119. The van der Waals surface area contributed by atoms with Gasteiger partial charge in [-0.2, -0.15) is 0 Å². The Morgan fingerprint density at radius 1 is 1.03 bits per heavy atom. The van der Waals surface area contributed by atoms with Crippen LogP contribution in [0.15, 0.2) is 58.4 Å². The van der Waals surface area contributed by atoms with Crippen LogP contribution in [-0.2, 0) is 4.79 Å². The molecule has 0 saturated heterocycles. The molecule has 0 fully saturated rings. The van der Waals surface area contributed by atoms with Gasteiger partial charge in [-0.3, -0.25) is 4.79 Å². The van der Waals surface area contributed by atoms with Crippen molar-refractivity contribution in [2.24, 2.45) is 4.99 Å². The second-order valence-corrected chi connectivity index (χ2v) is 8.11. The van der Waals surface area contributed by atoms with Crippen molar-refractivity contribution in [3.05, 3.63) is 48.5 Å². The van der Waals surface area contributed by atoms with Crippen LogP contribution in [0.4, 0.5) is 5.69 Å². The smallest absolute Gasteiger partial charge is 0.241 e. The number of thioether (sulfide) groups is 1. The highest BCUT2D eigenvalue weighted by atomic mass is 127. The third-order valence-electron chi connectivity index (χ3n) is 4.37. The summed E-state index contributed by atoms with van der Waals surface area (Å²) in [5.74, 6) is 2.78. The summed E-state index contributed by atoms with van der Waals surface area (Å²) in [7, 11) is 0. The van der Waals surface area contributed by atoms with Gasteiger partial charge < -0.3 is 25.4 Å². The first-order valence-corrected chi connectivity index (χ1v) is 11.6. The van der Waals surface area contributed by atoms with E-state index < -0.39 is 0 Å². The fourth-order valence-corrected chi connectivity index (χ4v) is 3.63. The average molecular weight is 570 g/mol. The zero-order valence-electron chi connectivity index (χ0n) is 18.3. The van der Waals surface area contributed by atoms with Gasteiger partial charge in [-0.1, -0.05) is 25.1 Å². The minimum absolute atomic E-state index is 0. The number of fused-ring (bicyclic) bond motifs is 1. The highest BCUT2D eigenvalue weighted by Crippen LogP contribution is 2.32. The molecule has 1 amide bonds. The van der Waals surface area contributed by atoms with Gasteiger partial charge in [-0.15, -0.1) is 35.7 Å². The monoisotopic (exact) mass is 570 g/mol. The van der Waals surface area contributed by atoms with E-state index in [1.54, 1.807) is 11.8 Å². The Morgan fingerprint density at radius 2 is 1.81 bits per heavy atom. The maximum absolute atomic E-state index is 12.0. The van der Waals surface area contributed by atoms with E-state index in [0.717, 1.165) is 30.0 Å². The fourth-order valence-electron chi connectivity index (χ4n) is 2.84. The molecular weight excluding hydrogens is 539 g/mol. The number of guanidine groups is 1. The van der Waals surface area contributed by atoms with Crippen LogP contribution in [0.2, 0.25) is 0 Å². The molecule has 7 nitrogen and oxygen atoms in total. The number of aliphatic imine (C=N–C) groups is 1. The van der Waals surface area contributed by atoms with Gasteiger partial charge in [0.05, 0.1) is 13.2 Å². The lowest BCUT2D eigenvalue weighted by Gasteiger charge is -2.14. The normalized spacial score (nSPS) is 12.8. The Hall–Kier alpha value is -2.14. The summed E-state index contributed by atoms with van der Waals surface area (Å²) in [5, 5.41) is 9.43. The zero-order chi connectivity index (χ0) is 21.7. The number of nitrogens with zero attached hydrogens (tertiary/aromatic N) is 1. The Morgan fingerprint density at radius 3 is 2.59 bits per heavy atom. The molecule has 0 bridgehead atoms. The molecule has 174 valence electrons. The number of amides is 1. The number of ether oxygens (including phenoxy) is 2. The second kappa shape index (κ2) is 14.8. The lowest BCUT2D eigenvalue weighted by atomic mass is 10.3. The third-order valence-corrected chi connectivity index (χ3v) is 5.38. The van der Waals surface area contributed by atoms with E-state index in [1.165, 1.54) is 4.90 Å². The molecule has 1 aliphatic heterocycles. The summed E-state index contributed by atoms with van der Waals surface area (Å²) in [6.45, 7) is 4.72. The second-order valence-electron chi connectivity index (χ2n) is 6.94. The molecule has 1 aliphatic rings. The maximum atomic E-state index is 12.0. The van der Waals surface area contributed by atoms with Crippen LogP contribution in [0.1, 0.15) is 19.8 Å². The molecule has 0 saturated carbocycles. The highest BCUT2D eigenvalue weighted by molar-refractivity contribution is 14.0. The molecule has 32 heavy (non-hydrogen) atoms. The standard InChI is InChI=1S/C23H30N4O3S.HI/c1-2-11-24-22(28)17-26-23(25-12-15-31-19-7-4-3-5-8-19)27-18-9-10-20-21(16-18)30-14-6-13-29-20;/h3-5,7-10,16H,2,6,11-15,17H2,1H3,(H,24,28)(H2,25,26,27);1H. The molecule has 2 aromatic carbocycles. The quantitative estimate of drug-likeness (QED) is 0.138. The summed E-state index contributed by atoms with van der Waals surface area (Å²) >= 11 is 1.76. The Kier molecular flexibility index (Phi) is 12.1. The van der Waals surface area contributed by atoms with Gasteiger partial charge in [0.15, 0.2) is 17.5 Å². The van der Waals surface area contributed by atoms with Crippen LogP contribution in [0.5, 0.6) is 11.5 Å². The van der Waals surface area contributed by atoms with Crippen molar-refractivity contribution in [2.45, 2.75) is 24.7 Å². The maximum Gasteiger partial charge on any atom is 0.241 e. The number of hydrogen-bond acceptors (Lipinski definition) is 5. The predicted octanol–water partition coefficient (Wildman–Crippen LogP) is 4.14. The van der Waals surface area contributed by atoms with Crippen LogP contribution in [0.25, 0.3) is 0 Å². The highest BCUT2D eigenvalue weighted by Gasteiger charge is 2.12. The van der Waals surface area contributed by atoms with E-state index in [9.17, 15) is 4.79 Å². The number of carbonyl (C=O) groups is 1. The topological polar surface area (TPSA) is 84.0 Å². The first-order chi connectivity index (χ1) is 15.2. The number of hydrogen-bond donors (Lipinski definition) is 3. The molecule has 0 aromatic heterocycles. The summed E-state index contributed by atoms with van der Waals surface area (Å²) < 4.78 is 11.5. The minimum atomic E-state index is -0.0970.